The standard InChI is InChI=1S/C29H37N5O2S/c35-37(36,29-20-30-21-31-29)32-19-23-11-15-33(16-12-23)25-9-7-24-8-10-28(34-13-4-14-34)27(26(24)18-25)17-22-5-2-1-3-6-22/h1-3,5-7,9,18,20-21,23,27-28,32H,4,8,10-17,19H2,(H,30,31)/t27-,28+/m1/s1. The van der Waals surface area contributed by atoms with Gasteiger partial charge >= 0.3 is 0 Å². The van der Waals surface area contributed by atoms with Crippen molar-refractivity contribution in [3.05, 3.63) is 77.7 Å². The summed E-state index contributed by atoms with van der Waals surface area (Å²) in [5.74, 6) is 0.865. The van der Waals surface area contributed by atoms with Crippen LogP contribution in [0, 0.1) is 5.92 Å². The van der Waals surface area contributed by atoms with E-state index in [2.05, 4.69) is 73.0 Å². The number of aromatic nitrogens is 2. The number of aryl methyl sites for hydroxylation is 1. The molecule has 6 rings (SSSR count). The lowest BCUT2D eigenvalue weighted by molar-refractivity contribution is 0.0877. The van der Waals surface area contributed by atoms with Crippen molar-refractivity contribution in [2.75, 3.05) is 37.6 Å². The first-order valence-corrected chi connectivity index (χ1v) is 15.2. The van der Waals surface area contributed by atoms with Crippen molar-refractivity contribution in [1.29, 1.82) is 0 Å². The van der Waals surface area contributed by atoms with E-state index in [9.17, 15) is 8.42 Å². The van der Waals surface area contributed by atoms with Gasteiger partial charge in [-0.2, -0.15) is 0 Å². The zero-order valence-electron chi connectivity index (χ0n) is 21.4. The molecule has 0 bridgehead atoms. The number of rotatable bonds is 8. The average molecular weight is 520 g/mol. The van der Waals surface area contributed by atoms with Gasteiger partial charge in [0.1, 0.15) is 0 Å². The topological polar surface area (TPSA) is 81.3 Å². The molecule has 7 nitrogen and oxygen atoms in total. The number of benzene rings is 2. The Morgan fingerprint density at radius 3 is 2.51 bits per heavy atom. The van der Waals surface area contributed by atoms with E-state index < -0.39 is 10.0 Å². The van der Waals surface area contributed by atoms with Gasteiger partial charge in [0, 0.05) is 43.5 Å². The second-order valence-corrected chi connectivity index (χ2v) is 12.6. The van der Waals surface area contributed by atoms with Crippen molar-refractivity contribution in [3.63, 3.8) is 0 Å². The molecule has 3 aromatic rings. The van der Waals surface area contributed by atoms with Crippen LogP contribution >= 0.6 is 0 Å². The van der Waals surface area contributed by atoms with Gasteiger partial charge in [0.2, 0.25) is 0 Å². The summed E-state index contributed by atoms with van der Waals surface area (Å²) in [5, 5.41) is 0.0561. The van der Waals surface area contributed by atoms with Gasteiger partial charge in [0.25, 0.3) is 10.0 Å². The van der Waals surface area contributed by atoms with Crippen LogP contribution in [0.2, 0.25) is 0 Å². The molecule has 0 radical (unpaired) electrons. The predicted molar refractivity (Wildman–Crippen MR) is 146 cm³/mol. The zero-order chi connectivity index (χ0) is 25.2. The number of nitrogens with zero attached hydrogens (tertiary/aromatic N) is 3. The van der Waals surface area contributed by atoms with Crippen molar-refractivity contribution in [1.82, 2.24) is 19.6 Å². The summed E-state index contributed by atoms with van der Waals surface area (Å²) in [5.41, 5.74) is 5.80. The molecule has 2 aromatic carbocycles. The van der Waals surface area contributed by atoms with Gasteiger partial charge < -0.3 is 9.88 Å². The third kappa shape index (κ3) is 5.33. The number of nitrogens with one attached hydrogen (secondary N) is 2. The van der Waals surface area contributed by atoms with Crippen LogP contribution in [-0.2, 0) is 22.9 Å². The van der Waals surface area contributed by atoms with Crippen molar-refractivity contribution in [2.45, 2.75) is 55.5 Å². The van der Waals surface area contributed by atoms with Gasteiger partial charge in [0.15, 0.2) is 5.03 Å². The van der Waals surface area contributed by atoms with Crippen LogP contribution in [0.4, 0.5) is 5.69 Å². The highest BCUT2D eigenvalue weighted by Crippen LogP contribution is 2.40. The third-order valence-electron chi connectivity index (χ3n) is 8.65. The Labute approximate surface area is 220 Å². The normalized spacial score (nSPS) is 23.0. The van der Waals surface area contributed by atoms with Crippen LogP contribution < -0.4 is 9.62 Å². The van der Waals surface area contributed by atoms with Gasteiger partial charge in [0.05, 0.1) is 6.33 Å². The summed E-state index contributed by atoms with van der Waals surface area (Å²) in [6.45, 7) is 4.84. The molecule has 2 fully saturated rings. The number of sulfonamides is 1. The van der Waals surface area contributed by atoms with Crippen LogP contribution in [0.1, 0.15) is 48.3 Å². The van der Waals surface area contributed by atoms with Crippen LogP contribution in [0.15, 0.2) is 66.1 Å². The molecule has 0 saturated carbocycles. The summed E-state index contributed by atoms with van der Waals surface area (Å²) in [7, 11) is -3.54. The SMILES string of the molecule is O=S(=O)(NCC1CCN(c2ccc3c(c2)[C@@H](Cc2ccccc2)[C@@H](N2CCC2)CC3)CC1)c1c[nH]cn1. The average Bonchev–Trinajstić information content (AvgIpc) is 3.45. The molecule has 196 valence electrons. The van der Waals surface area contributed by atoms with Crippen LogP contribution in [0.25, 0.3) is 0 Å². The number of H-pyrrole nitrogens is 1. The number of piperidine rings is 1. The Morgan fingerprint density at radius 1 is 1.00 bits per heavy atom. The molecule has 2 saturated heterocycles. The highest BCUT2D eigenvalue weighted by atomic mass is 32.2. The van der Waals surface area contributed by atoms with Crippen LogP contribution in [0.3, 0.4) is 0 Å². The second kappa shape index (κ2) is 10.6. The Balaban J connectivity index is 1.14. The molecule has 2 N–H and O–H groups in total. The van der Waals surface area contributed by atoms with E-state index in [-0.39, 0.29) is 5.03 Å². The summed E-state index contributed by atoms with van der Waals surface area (Å²) in [6, 6.07) is 18.8. The maximum Gasteiger partial charge on any atom is 0.259 e. The Morgan fingerprint density at radius 2 is 1.81 bits per heavy atom. The molecule has 0 amide bonds. The second-order valence-electron chi connectivity index (χ2n) is 10.9. The number of imidazole rings is 1. The summed E-state index contributed by atoms with van der Waals surface area (Å²) in [6.07, 6.45) is 9.60. The molecule has 0 spiro atoms. The minimum atomic E-state index is -3.54. The lowest BCUT2D eigenvalue weighted by atomic mass is 9.74. The minimum absolute atomic E-state index is 0.0561. The van der Waals surface area contributed by atoms with Gasteiger partial charge in [-0.15, -0.1) is 0 Å². The van der Waals surface area contributed by atoms with E-state index in [1.165, 1.54) is 61.7 Å². The fourth-order valence-electron chi connectivity index (χ4n) is 6.38. The van der Waals surface area contributed by atoms with Crippen LogP contribution in [-0.4, -0.2) is 62.1 Å². The lowest BCUT2D eigenvalue weighted by Gasteiger charge is -2.46. The molecule has 3 heterocycles. The van der Waals surface area contributed by atoms with Crippen molar-refractivity contribution >= 4 is 15.7 Å². The quantitative estimate of drug-likeness (QED) is 0.471. The zero-order valence-corrected chi connectivity index (χ0v) is 22.2. The number of anilines is 1. The molecule has 2 aliphatic heterocycles. The summed E-state index contributed by atoms with van der Waals surface area (Å²) in [4.78, 5) is 11.8. The highest BCUT2D eigenvalue weighted by molar-refractivity contribution is 7.89. The highest BCUT2D eigenvalue weighted by Gasteiger charge is 2.36. The van der Waals surface area contributed by atoms with Crippen molar-refractivity contribution < 1.29 is 8.42 Å². The maximum absolute atomic E-state index is 12.4. The Hall–Kier alpha value is -2.68. The number of likely N-dealkylation sites (tertiary alicyclic amines) is 1. The first kappa shape index (κ1) is 24.6. The fourth-order valence-corrected chi connectivity index (χ4v) is 7.40. The molecule has 37 heavy (non-hydrogen) atoms. The molecule has 3 aliphatic rings. The predicted octanol–water partition coefficient (Wildman–Crippen LogP) is 3.95. The number of hydrogen-bond acceptors (Lipinski definition) is 5. The fraction of sp³-hybridized carbons (Fsp3) is 0.483. The molecule has 1 aliphatic carbocycles. The summed E-state index contributed by atoms with van der Waals surface area (Å²) < 4.78 is 27.6. The van der Waals surface area contributed by atoms with Gasteiger partial charge in [-0.25, -0.2) is 18.1 Å². The van der Waals surface area contributed by atoms with E-state index in [1.807, 2.05) is 0 Å². The Bertz CT molecular complexity index is 1280. The molecule has 0 unspecified atom stereocenters. The van der Waals surface area contributed by atoms with E-state index in [4.69, 9.17) is 0 Å². The first-order valence-electron chi connectivity index (χ1n) is 13.7. The number of aromatic amines is 1. The Kier molecular flexibility index (Phi) is 7.06. The molecule has 1 aromatic heterocycles. The van der Waals surface area contributed by atoms with E-state index >= 15 is 0 Å². The lowest BCUT2D eigenvalue weighted by Crippen LogP contribution is -2.50. The molecule has 2 atom stereocenters. The minimum Gasteiger partial charge on any atom is -0.372 e. The summed E-state index contributed by atoms with van der Waals surface area (Å²) >= 11 is 0. The van der Waals surface area contributed by atoms with E-state index in [0.29, 0.717) is 24.4 Å². The van der Waals surface area contributed by atoms with Gasteiger partial charge in [-0.1, -0.05) is 36.4 Å². The largest absolute Gasteiger partial charge is 0.372 e. The van der Waals surface area contributed by atoms with Crippen LogP contribution in [0.5, 0.6) is 0 Å². The number of hydrogen-bond donors (Lipinski definition) is 2. The van der Waals surface area contributed by atoms with E-state index in [0.717, 1.165) is 32.4 Å². The molecular formula is C29H37N5O2S. The van der Waals surface area contributed by atoms with E-state index in [1.54, 1.807) is 5.56 Å². The molecule has 8 heteroatoms. The third-order valence-corrected chi connectivity index (χ3v) is 9.97. The van der Waals surface area contributed by atoms with Gasteiger partial charge in [-0.05, 0) is 86.4 Å². The first-order chi connectivity index (χ1) is 18.1. The number of fused-ring (bicyclic) bond motifs is 1. The smallest absolute Gasteiger partial charge is 0.259 e. The maximum atomic E-state index is 12.4. The van der Waals surface area contributed by atoms with Crippen molar-refractivity contribution in [3.8, 4) is 0 Å². The molecular weight excluding hydrogens is 482 g/mol. The van der Waals surface area contributed by atoms with Gasteiger partial charge in [-0.3, -0.25) is 4.90 Å². The monoisotopic (exact) mass is 519 g/mol. The van der Waals surface area contributed by atoms with Crippen molar-refractivity contribution in [2.24, 2.45) is 5.92 Å².